The van der Waals surface area contributed by atoms with Crippen molar-refractivity contribution < 1.29 is 5.11 Å². The number of aliphatic hydroxyl groups excluding tert-OH is 1. The predicted molar refractivity (Wildman–Crippen MR) is 51.2 cm³/mol. The number of nitrogen functional groups attached to an aromatic ring is 1. The molecule has 0 aliphatic rings. The molecule has 0 spiro atoms. The molecule has 0 radical (unpaired) electrons. The number of aromatic nitrogens is 1. The Morgan fingerprint density at radius 3 is 3.00 bits per heavy atom. The van der Waals surface area contributed by atoms with Crippen LogP contribution in [0.2, 0.25) is 0 Å². The van der Waals surface area contributed by atoms with Crippen LogP contribution in [0.25, 0.3) is 0 Å². The van der Waals surface area contributed by atoms with Crippen LogP contribution in [0.3, 0.4) is 0 Å². The molecule has 4 heteroatoms. The Morgan fingerprint density at radius 2 is 2.42 bits per heavy atom. The zero-order valence-electron chi connectivity index (χ0n) is 6.95. The highest BCUT2D eigenvalue weighted by atomic mass is 32.2. The lowest BCUT2D eigenvalue weighted by Gasteiger charge is -2.02. The van der Waals surface area contributed by atoms with Crippen molar-refractivity contribution in [2.75, 3.05) is 18.1 Å². The molecule has 1 rings (SSSR count). The number of aliphatic hydroxyl groups is 1. The van der Waals surface area contributed by atoms with Crippen LogP contribution in [0.4, 0.5) is 5.69 Å². The van der Waals surface area contributed by atoms with Gasteiger partial charge in [-0.05, 0) is 18.6 Å². The number of nitrogens with zero attached hydrogens (tertiary/aromatic N) is 1. The van der Waals surface area contributed by atoms with E-state index < -0.39 is 0 Å². The van der Waals surface area contributed by atoms with Gasteiger partial charge >= 0.3 is 0 Å². The van der Waals surface area contributed by atoms with Crippen molar-refractivity contribution in [3.8, 4) is 0 Å². The lowest BCUT2D eigenvalue weighted by atomic mass is 10.3. The van der Waals surface area contributed by atoms with Crippen molar-refractivity contribution >= 4 is 17.4 Å². The van der Waals surface area contributed by atoms with Crippen LogP contribution >= 0.6 is 11.8 Å². The van der Waals surface area contributed by atoms with Crippen molar-refractivity contribution in [1.82, 2.24) is 4.98 Å². The summed E-state index contributed by atoms with van der Waals surface area (Å²) in [4.78, 5) is 4.10. The van der Waals surface area contributed by atoms with Gasteiger partial charge in [0.2, 0.25) is 0 Å². The summed E-state index contributed by atoms with van der Waals surface area (Å²) in [7, 11) is 0. The molecule has 0 bridgehead atoms. The minimum absolute atomic E-state index is 0.176. The van der Waals surface area contributed by atoms with Crippen LogP contribution < -0.4 is 5.73 Å². The van der Waals surface area contributed by atoms with Crippen LogP contribution in [-0.2, 0) is 0 Å². The van der Waals surface area contributed by atoms with Gasteiger partial charge < -0.3 is 10.8 Å². The fourth-order valence-electron chi connectivity index (χ4n) is 0.770. The second-order valence-corrected chi connectivity index (χ2v) is 3.57. The summed E-state index contributed by atoms with van der Waals surface area (Å²) in [6.07, 6.45) is 1.65. The molecule has 0 saturated heterocycles. The molecule has 0 aliphatic carbocycles. The highest BCUT2D eigenvalue weighted by Gasteiger charge is 1.97. The van der Waals surface area contributed by atoms with Crippen molar-refractivity contribution in [1.29, 1.82) is 0 Å². The van der Waals surface area contributed by atoms with Crippen molar-refractivity contribution in [3.05, 3.63) is 17.8 Å². The Morgan fingerprint density at radius 1 is 1.67 bits per heavy atom. The topological polar surface area (TPSA) is 59.1 Å². The van der Waals surface area contributed by atoms with E-state index >= 15 is 0 Å². The molecule has 0 aliphatic heterocycles. The van der Waals surface area contributed by atoms with Gasteiger partial charge in [0.1, 0.15) is 0 Å². The third kappa shape index (κ3) is 2.39. The second kappa shape index (κ2) is 4.33. The fraction of sp³-hybridized carbons (Fsp3) is 0.375. The first-order valence-corrected chi connectivity index (χ1v) is 4.68. The summed E-state index contributed by atoms with van der Waals surface area (Å²) in [5.41, 5.74) is 7.34. The molecular weight excluding hydrogens is 172 g/mol. The quantitative estimate of drug-likeness (QED) is 0.689. The van der Waals surface area contributed by atoms with Crippen LogP contribution in [0.5, 0.6) is 0 Å². The number of hydrogen-bond donors (Lipinski definition) is 2. The van der Waals surface area contributed by atoms with Crippen molar-refractivity contribution in [3.63, 3.8) is 0 Å². The minimum Gasteiger partial charge on any atom is -0.397 e. The molecule has 0 unspecified atom stereocenters. The Balaban J connectivity index is 2.69. The van der Waals surface area contributed by atoms with Gasteiger partial charge in [0, 0.05) is 5.75 Å². The number of pyridine rings is 1. The van der Waals surface area contributed by atoms with E-state index in [1.54, 1.807) is 6.20 Å². The number of hydrogen-bond acceptors (Lipinski definition) is 4. The normalized spacial score (nSPS) is 10.2. The molecule has 66 valence electrons. The number of anilines is 1. The van der Waals surface area contributed by atoms with E-state index in [0.29, 0.717) is 11.4 Å². The molecule has 0 saturated carbocycles. The molecule has 1 aromatic heterocycles. The van der Waals surface area contributed by atoms with Crippen LogP contribution in [0.15, 0.2) is 17.3 Å². The third-order valence-electron chi connectivity index (χ3n) is 1.47. The molecule has 3 nitrogen and oxygen atoms in total. The lowest BCUT2D eigenvalue weighted by molar-refractivity contribution is 0.322. The van der Waals surface area contributed by atoms with E-state index in [1.165, 1.54) is 11.8 Å². The van der Waals surface area contributed by atoms with E-state index in [4.69, 9.17) is 10.8 Å². The molecule has 12 heavy (non-hydrogen) atoms. The molecule has 1 heterocycles. The van der Waals surface area contributed by atoms with E-state index in [9.17, 15) is 0 Å². The van der Waals surface area contributed by atoms with Gasteiger partial charge in [-0.25, -0.2) is 4.98 Å². The summed E-state index contributed by atoms with van der Waals surface area (Å²) < 4.78 is 0. The molecule has 0 atom stereocenters. The van der Waals surface area contributed by atoms with Gasteiger partial charge in [-0.15, -0.1) is 11.8 Å². The zero-order chi connectivity index (χ0) is 8.97. The molecule has 0 aromatic carbocycles. The number of aryl methyl sites for hydroxylation is 1. The van der Waals surface area contributed by atoms with E-state index in [-0.39, 0.29) is 6.61 Å². The Kier molecular flexibility index (Phi) is 3.37. The van der Waals surface area contributed by atoms with Gasteiger partial charge in [-0.2, -0.15) is 0 Å². The number of rotatable bonds is 3. The predicted octanol–water partition coefficient (Wildman–Crippen LogP) is 1.06. The van der Waals surface area contributed by atoms with E-state index in [0.717, 1.165) is 10.6 Å². The zero-order valence-corrected chi connectivity index (χ0v) is 7.77. The van der Waals surface area contributed by atoms with Gasteiger partial charge in [-0.1, -0.05) is 0 Å². The Hall–Kier alpha value is -0.740. The van der Waals surface area contributed by atoms with E-state index in [1.807, 2.05) is 13.0 Å². The van der Waals surface area contributed by atoms with Gasteiger partial charge in [0.25, 0.3) is 0 Å². The summed E-state index contributed by atoms with van der Waals surface area (Å²) in [5, 5.41) is 9.49. The van der Waals surface area contributed by atoms with Crippen LogP contribution in [0.1, 0.15) is 5.56 Å². The first kappa shape index (κ1) is 9.35. The molecule has 0 fully saturated rings. The van der Waals surface area contributed by atoms with E-state index in [2.05, 4.69) is 4.98 Å². The highest BCUT2D eigenvalue weighted by molar-refractivity contribution is 7.99. The third-order valence-corrected chi connectivity index (χ3v) is 2.37. The Labute approximate surface area is 76.0 Å². The number of nitrogens with two attached hydrogens (primary N) is 1. The molecule has 1 aromatic rings. The largest absolute Gasteiger partial charge is 0.397 e. The second-order valence-electron chi connectivity index (χ2n) is 2.45. The monoisotopic (exact) mass is 184 g/mol. The first-order valence-electron chi connectivity index (χ1n) is 3.70. The summed E-state index contributed by atoms with van der Waals surface area (Å²) in [5.74, 6) is 0.677. The summed E-state index contributed by atoms with van der Waals surface area (Å²) in [6, 6.07) is 1.93. The fourth-order valence-corrected chi connectivity index (χ4v) is 1.46. The lowest BCUT2D eigenvalue weighted by Crippen LogP contribution is -1.93. The maximum Gasteiger partial charge on any atom is 0.0964 e. The van der Waals surface area contributed by atoms with Crippen molar-refractivity contribution in [2.24, 2.45) is 0 Å². The molecular formula is C8H12N2OS. The van der Waals surface area contributed by atoms with Crippen molar-refractivity contribution in [2.45, 2.75) is 11.9 Å². The molecule has 3 N–H and O–H groups in total. The summed E-state index contributed by atoms with van der Waals surface area (Å²) >= 11 is 1.53. The van der Waals surface area contributed by atoms with Gasteiger partial charge in [-0.3, -0.25) is 0 Å². The summed E-state index contributed by atoms with van der Waals surface area (Å²) in [6.45, 7) is 2.12. The SMILES string of the molecule is Cc1cc(SCCO)ncc1N. The Bertz CT molecular complexity index is 265. The van der Waals surface area contributed by atoms with Gasteiger partial charge in [0.15, 0.2) is 0 Å². The maximum atomic E-state index is 8.58. The average molecular weight is 184 g/mol. The van der Waals surface area contributed by atoms with Crippen LogP contribution in [-0.4, -0.2) is 22.5 Å². The van der Waals surface area contributed by atoms with Gasteiger partial charge in [0.05, 0.1) is 23.5 Å². The maximum absolute atomic E-state index is 8.58. The minimum atomic E-state index is 0.176. The molecule has 0 amide bonds. The average Bonchev–Trinajstić information content (AvgIpc) is 2.07. The smallest absolute Gasteiger partial charge is 0.0964 e. The number of thioether (sulfide) groups is 1. The standard InChI is InChI=1S/C8H12N2OS/c1-6-4-8(12-3-2-11)10-5-7(6)9/h4-5,11H,2-3,9H2,1H3. The first-order chi connectivity index (χ1) is 5.74. The highest BCUT2D eigenvalue weighted by Crippen LogP contribution is 2.18. The van der Waals surface area contributed by atoms with Crippen LogP contribution in [0, 0.1) is 6.92 Å².